The number of aryl methyl sites for hydroxylation is 1. The van der Waals surface area contributed by atoms with Crippen LogP contribution in [0.15, 0.2) is 42.5 Å². The molecule has 0 aliphatic carbocycles. The van der Waals surface area contributed by atoms with Crippen molar-refractivity contribution in [2.24, 2.45) is 0 Å². The third-order valence-electron chi connectivity index (χ3n) is 4.16. The van der Waals surface area contributed by atoms with Crippen molar-refractivity contribution in [3.8, 4) is 5.75 Å². The van der Waals surface area contributed by atoms with Crippen molar-refractivity contribution >= 4 is 35.0 Å². The number of ether oxygens (including phenoxy) is 1. The second-order valence-corrected chi connectivity index (χ2v) is 7.50. The summed E-state index contributed by atoms with van der Waals surface area (Å²) in [4.78, 5) is 24.6. The van der Waals surface area contributed by atoms with Gasteiger partial charge >= 0.3 is 0 Å². The highest BCUT2D eigenvalue weighted by atomic mass is 32.2. The van der Waals surface area contributed by atoms with Crippen LogP contribution in [0.5, 0.6) is 5.75 Å². The Balaban J connectivity index is 1.87. The molecule has 0 bridgehead atoms. The number of para-hydroxylation sites is 2. The van der Waals surface area contributed by atoms with Crippen molar-refractivity contribution in [3.05, 3.63) is 53.6 Å². The highest BCUT2D eigenvalue weighted by molar-refractivity contribution is 8.01. The molecule has 6 heteroatoms. The normalized spacial score (nSPS) is 11.6. The summed E-state index contributed by atoms with van der Waals surface area (Å²) >= 11 is 1.30. The summed E-state index contributed by atoms with van der Waals surface area (Å²) < 4.78 is 5.50. The molecule has 0 heterocycles. The first-order valence-electron chi connectivity index (χ1n) is 8.92. The molecular formula is C21H26N2O3S. The van der Waals surface area contributed by atoms with Gasteiger partial charge in [0, 0.05) is 5.69 Å². The molecular weight excluding hydrogens is 360 g/mol. The highest BCUT2D eigenvalue weighted by Crippen LogP contribution is 2.24. The summed E-state index contributed by atoms with van der Waals surface area (Å²) in [5, 5.41) is 5.43. The number of carbonyl (C=O) groups excluding carboxylic acids is 2. The van der Waals surface area contributed by atoms with E-state index in [1.807, 2.05) is 57.2 Å². The fourth-order valence-corrected chi connectivity index (χ4v) is 3.12. The zero-order chi connectivity index (χ0) is 19.8. The van der Waals surface area contributed by atoms with Gasteiger partial charge in [-0.25, -0.2) is 0 Å². The Morgan fingerprint density at radius 3 is 2.48 bits per heavy atom. The first kappa shape index (κ1) is 20.8. The van der Waals surface area contributed by atoms with Crippen molar-refractivity contribution in [1.29, 1.82) is 0 Å². The number of thioether (sulfide) groups is 1. The number of benzene rings is 2. The molecule has 2 amide bonds. The van der Waals surface area contributed by atoms with E-state index in [4.69, 9.17) is 4.74 Å². The molecule has 0 aliphatic rings. The van der Waals surface area contributed by atoms with E-state index in [0.717, 1.165) is 16.8 Å². The summed E-state index contributed by atoms with van der Waals surface area (Å²) in [5.74, 6) is 0.538. The predicted octanol–water partition coefficient (Wildman–Crippen LogP) is 4.40. The first-order valence-corrected chi connectivity index (χ1v) is 9.97. The van der Waals surface area contributed by atoms with E-state index in [-0.39, 0.29) is 22.8 Å². The van der Waals surface area contributed by atoms with Crippen molar-refractivity contribution in [2.45, 2.75) is 32.9 Å². The maximum Gasteiger partial charge on any atom is 0.237 e. The van der Waals surface area contributed by atoms with Crippen LogP contribution in [0, 0.1) is 13.8 Å². The van der Waals surface area contributed by atoms with E-state index in [1.165, 1.54) is 11.8 Å². The number of carbonyl (C=O) groups is 2. The molecule has 5 nitrogen and oxygen atoms in total. The number of amides is 2. The summed E-state index contributed by atoms with van der Waals surface area (Å²) in [6, 6.07) is 13.1. The van der Waals surface area contributed by atoms with Crippen LogP contribution < -0.4 is 15.4 Å². The van der Waals surface area contributed by atoms with E-state index in [0.29, 0.717) is 18.0 Å². The average molecular weight is 387 g/mol. The lowest BCUT2D eigenvalue weighted by Crippen LogP contribution is -2.25. The van der Waals surface area contributed by atoms with E-state index < -0.39 is 0 Å². The Morgan fingerprint density at radius 2 is 1.74 bits per heavy atom. The second kappa shape index (κ2) is 10.0. The lowest BCUT2D eigenvalue weighted by Gasteiger charge is -2.15. The van der Waals surface area contributed by atoms with Crippen LogP contribution in [0.25, 0.3) is 0 Å². The van der Waals surface area contributed by atoms with Gasteiger partial charge in [-0.3, -0.25) is 9.59 Å². The SMILES string of the molecule is CCOc1ccccc1NC(=O)CSC(C)C(=O)Nc1cccc(C)c1C. The van der Waals surface area contributed by atoms with E-state index in [9.17, 15) is 9.59 Å². The summed E-state index contributed by atoms with van der Waals surface area (Å²) in [7, 11) is 0. The molecule has 0 saturated heterocycles. The van der Waals surface area contributed by atoms with Gasteiger partial charge in [0.2, 0.25) is 11.8 Å². The zero-order valence-corrected chi connectivity index (χ0v) is 17.0. The lowest BCUT2D eigenvalue weighted by molar-refractivity contribution is -0.115. The van der Waals surface area contributed by atoms with Crippen molar-refractivity contribution < 1.29 is 14.3 Å². The minimum Gasteiger partial charge on any atom is -0.492 e. The number of rotatable bonds is 8. The fourth-order valence-electron chi connectivity index (χ4n) is 2.43. The largest absolute Gasteiger partial charge is 0.492 e. The second-order valence-electron chi connectivity index (χ2n) is 6.17. The minimum atomic E-state index is -0.349. The predicted molar refractivity (Wildman–Crippen MR) is 113 cm³/mol. The summed E-state index contributed by atoms with van der Waals surface area (Å²) in [5.41, 5.74) is 3.62. The number of anilines is 2. The number of nitrogens with one attached hydrogen (secondary N) is 2. The molecule has 0 spiro atoms. The van der Waals surface area contributed by atoms with Gasteiger partial charge in [-0.2, -0.15) is 0 Å². The number of hydrogen-bond acceptors (Lipinski definition) is 4. The molecule has 0 aliphatic heterocycles. The zero-order valence-electron chi connectivity index (χ0n) is 16.2. The third-order valence-corrected chi connectivity index (χ3v) is 5.30. The lowest BCUT2D eigenvalue weighted by atomic mass is 10.1. The smallest absolute Gasteiger partial charge is 0.237 e. The molecule has 0 radical (unpaired) electrons. The van der Waals surface area contributed by atoms with Gasteiger partial charge in [0.15, 0.2) is 0 Å². The fraction of sp³-hybridized carbons (Fsp3) is 0.333. The molecule has 0 fully saturated rings. The van der Waals surface area contributed by atoms with Crippen molar-refractivity contribution in [3.63, 3.8) is 0 Å². The molecule has 0 aromatic heterocycles. The minimum absolute atomic E-state index is 0.115. The van der Waals surface area contributed by atoms with Crippen LogP contribution in [0.1, 0.15) is 25.0 Å². The maximum atomic E-state index is 12.4. The van der Waals surface area contributed by atoms with Crippen LogP contribution in [-0.2, 0) is 9.59 Å². The maximum absolute atomic E-state index is 12.4. The van der Waals surface area contributed by atoms with Gasteiger partial charge in [-0.1, -0.05) is 24.3 Å². The Labute approximate surface area is 164 Å². The Bertz CT molecular complexity index is 808. The molecule has 2 aromatic carbocycles. The first-order chi connectivity index (χ1) is 12.9. The molecule has 144 valence electrons. The highest BCUT2D eigenvalue weighted by Gasteiger charge is 2.17. The van der Waals surface area contributed by atoms with Crippen LogP contribution in [0.3, 0.4) is 0 Å². The van der Waals surface area contributed by atoms with E-state index in [2.05, 4.69) is 10.6 Å². The Morgan fingerprint density at radius 1 is 1.04 bits per heavy atom. The molecule has 1 unspecified atom stereocenters. The van der Waals surface area contributed by atoms with Gasteiger partial charge in [0.05, 0.1) is 23.3 Å². The monoisotopic (exact) mass is 386 g/mol. The van der Waals surface area contributed by atoms with Gasteiger partial charge in [0.1, 0.15) is 5.75 Å². The van der Waals surface area contributed by atoms with Gasteiger partial charge in [0.25, 0.3) is 0 Å². The Kier molecular flexibility index (Phi) is 7.73. The van der Waals surface area contributed by atoms with Gasteiger partial charge in [-0.15, -0.1) is 11.8 Å². The third kappa shape index (κ3) is 6.03. The van der Waals surface area contributed by atoms with E-state index >= 15 is 0 Å². The van der Waals surface area contributed by atoms with E-state index in [1.54, 1.807) is 13.0 Å². The summed E-state index contributed by atoms with van der Waals surface area (Å²) in [6.45, 7) is 8.20. The van der Waals surface area contributed by atoms with Crippen LogP contribution in [-0.4, -0.2) is 29.4 Å². The quantitative estimate of drug-likeness (QED) is 0.706. The van der Waals surface area contributed by atoms with Gasteiger partial charge in [-0.05, 0) is 57.0 Å². The van der Waals surface area contributed by atoms with Crippen LogP contribution in [0.4, 0.5) is 11.4 Å². The Hall–Kier alpha value is -2.47. The standard InChI is InChI=1S/C21H26N2O3S/c1-5-26-19-12-7-6-10-18(19)22-20(24)13-27-16(4)21(25)23-17-11-8-9-14(2)15(17)3/h6-12,16H,5,13H2,1-4H3,(H,22,24)(H,23,25). The molecule has 0 saturated carbocycles. The van der Waals surface area contributed by atoms with Crippen LogP contribution in [0.2, 0.25) is 0 Å². The topological polar surface area (TPSA) is 67.4 Å². The van der Waals surface area contributed by atoms with Crippen molar-refractivity contribution in [1.82, 2.24) is 0 Å². The van der Waals surface area contributed by atoms with Crippen LogP contribution >= 0.6 is 11.8 Å². The summed E-state index contributed by atoms with van der Waals surface area (Å²) in [6.07, 6.45) is 0. The molecule has 27 heavy (non-hydrogen) atoms. The van der Waals surface area contributed by atoms with Crippen molar-refractivity contribution in [2.75, 3.05) is 23.0 Å². The molecule has 2 rings (SSSR count). The van der Waals surface area contributed by atoms with Gasteiger partial charge < -0.3 is 15.4 Å². The molecule has 2 aromatic rings. The molecule has 1 atom stereocenters. The number of hydrogen-bond donors (Lipinski definition) is 2. The molecule has 2 N–H and O–H groups in total. The average Bonchev–Trinajstić information content (AvgIpc) is 2.65.